The number of piperidine rings is 1. The Hall–Kier alpha value is -2.01. The minimum absolute atomic E-state index is 0.567. The maximum atomic E-state index is 12.6. The van der Waals surface area contributed by atoms with Crippen molar-refractivity contribution in [2.45, 2.75) is 25.4 Å². The Morgan fingerprint density at radius 1 is 0.923 bits per heavy atom. The van der Waals surface area contributed by atoms with E-state index in [4.69, 9.17) is 4.74 Å². The Bertz CT molecular complexity index is 662. The molecule has 0 N–H and O–H groups in total. The second kappa shape index (κ2) is 8.58. The number of rotatable bonds is 6. The molecule has 2 aromatic carbocycles. The monoisotopic (exact) mass is 363 g/mol. The van der Waals surface area contributed by atoms with E-state index in [2.05, 4.69) is 4.90 Å². The number of hydrogen-bond donors (Lipinski definition) is 0. The summed E-state index contributed by atoms with van der Waals surface area (Å²) < 4.78 is 43.6. The van der Waals surface area contributed by atoms with Crippen LogP contribution in [0, 0.1) is 5.92 Å². The fourth-order valence-corrected chi connectivity index (χ4v) is 3.26. The third-order valence-electron chi connectivity index (χ3n) is 4.93. The number of likely N-dealkylation sites (tertiary alicyclic amines) is 1. The molecule has 1 heterocycles. The van der Waals surface area contributed by atoms with Crippen LogP contribution in [-0.2, 0) is 12.6 Å². The lowest BCUT2D eigenvalue weighted by Gasteiger charge is -2.31. The van der Waals surface area contributed by atoms with E-state index in [1.54, 1.807) is 12.1 Å². The van der Waals surface area contributed by atoms with E-state index in [9.17, 15) is 13.2 Å². The summed E-state index contributed by atoms with van der Waals surface area (Å²) in [7, 11) is 0. The molecule has 0 aromatic heterocycles. The molecule has 0 radical (unpaired) electrons. The van der Waals surface area contributed by atoms with Gasteiger partial charge in [0.25, 0.3) is 0 Å². The average Bonchev–Trinajstić information content (AvgIpc) is 2.66. The SMILES string of the molecule is FC(F)(F)c1ccc(CCN2CCC(COc3ccccc3)CC2)cc1. The summed E-state index contributed by atoms with van der Waals surface area (Å²) in [6, 6.07) is 15.4. The van der Waals surface area contributed by atoms with Gasteiger partial charge < -0.3 is 9.64 Å². The molecular weight excluding hydrogens is 339 g/mol. The van der Waals surface area contributed by atoms with Crippen LogP contribution in [0.15, 0.2) is 54.6 Å². The first-order valence-corrected chi connectivity index (χ1v) is 9.07. The summed E-state index contributed by atoms with van der Waals surface area (Å²) >= 11 is 0. The molecule has 140 valence electrons. The van der Waals surface area contributed by atoms with Gasteiger partial charge in [0.2, 0.25) is 0 Å². The van der Waals surface area contributed by atoms with Crippen LogP contribution in [-0.4, -0.2) is 31.1 Å². The Morgan fingerprint density at radius 2 is 1.58 bits per heavy atom. The van der Waals surface area contributed by atoms with Crippen LogP contribution in [0.25, 0.3) is 0 Å². The van der Waals surface area contributed by atoms with Gasteiger partial charge in [-0.25, -0.2) is 0 Å². The van der Waals surface area contributed by atoms with Gasteiger partial charge in [0.05, 0.1) is 12.2 Å². The number of halogens is 3. The number of alkyl halides is 3. The fraction of sp³-hybridized carbons (Fsp3) is 0.429. The smallest absolute Gasteiger partial charge is 0.416 e. The molecule has 26 heavy (non-hydrogen) atoms. The minimum Gasteiger partial charge on any atom is -0.493 e. The zero-order valence-electron chi connectivity index (χ0n) is 14.7. The molecule has 0 bridgehead atoms. The van der Waals surface area contributed by atoms with E-state index in [0.717, 1.165) is 56.8 Å². The maximum Gasteiger partial charge on any atom is 0.416 e. The standard InChI is InChI=1S/C21H24F3NO/c22-21(23,24)19-8-6-17(7-9-19)10-13-25-14-11-18(12-15-25)16-26-20-4-2-1-3-5-20/h1-9,18H,10-16H2. The second-order valence-corrected chi connectivity index (χ2v) is 6.85. The molecule has 0 saturated carbocycles. The number of para-hydroxylation sites is 1. The van der Waals surface area contributed by atoms with Crippen LogP contribution >= 0.6 is 0 Å². The van der Waals surface area contributed by atoms with Gasteiger partial charge in [-0.3, -0.25) is 0 Å². The molecule has 0 atom stereocenters. The van der Waals surface area contributed by atoms with Crippen LogP contribution in [0.2, 0.25) is 0 Å². The van der Waals surface area contributed by atoms with Crippen LogP contribution in [0.4, 0.5) is 13.2 Å². The van der Waals surface area contributed by atoms with Crippen molar-refractivity contribution in [2.24, 2.45) is 5.92 Å². The normalized spacial score (nSPS) is 16.6. The van der Waals surface area contributed by atoms with Gasteiger partial charge in [0.15, 0.2) is 0 Å². The van der Waals surface area contributed by atoms with Crippen LogP contribution in [0.3, 0.4) is 0 Å². The van der Waals surface area contributed by atoms with Gasteiger partial charge in [-0.1, -0.05) is 30.3 Å². The lowest BCUT2D eigenvalue weighted by Crippen LogP contribution is -2.36. The highest BCUT2D eigenvalue weighted by Crippen LogP contribution is 2.29. The lowest BCUT2D eigenvalue weighted by atomic mass is 9.97. The summed E-state index contributed by atoms with van der Waals surface area (Å²) in [5, 5.41) is 0. The molecule has 5 heteroatoms. The maximum absolute atomic E-state index is 12.6. The first-order chi connectivity index (χ1) is 12.5. The zero-order chi connectivity index (χ0) is 18.4. The minimum atomic E-state index is -4.26. The highest BCUT2D eigenvalue weighted by Gasteiger charge is 2.29. The van der Waals surface area contributed by atoms with Crippen LogP contribution < -0.4 is 4.74 Å². The summed E-state index contributed by atoms with van der Waals surface area (Å²) in [4.78, 5) is 2.39. The van der Waals surface area contributed by atoms with Crippen LogP contribution in [0.1, 0.15) is 24.0 Å². The number of hydrogen-bond acceptors (Lipinski definition) is 2. The first-order valence-electron chi connectivity index (χ1n) is 9.07. The fourth-order valence-electron chi connectivity index (χ4n) is 3.26. The zero-order valence-corrected chi connectivity index (χ0v) is 14.7. The van der Waals surface area contributed by atoms with Crippen molar-refractivity contribution < 1.29 is 17.9 Å². The Balaban J connectivity index is 1.37. The van der Waals surface area contributed by atoms with Crippen molar-refractivity contribution in [2.75, 3.05) is 26.2 Å². The van der Waals surface area contributed by atoms with Crippen molar-refractivity contribution in [1.29, 1.82) is 0 Å². The van der Waals surface area contributed by atoms with Crippen molar-refractivity contribution in [1.82, 2.24) is 4.90 Å². The van der Waals surface area contributed by atoms with Crippen molar-refractivity contribution in [3.05, 3.63) is 65.7 Å². The van der Waals surface area contributed by atoms with Gasteiger partial charge in [0, 0.05) is 6.54 Å². The van der Waals surface area contributed by atoms with Crippen molar-refractivity contribution in [3.63, 3.8) is 0 Å². The van der Waals surface area contributed by atoms with Gasteiger partial charge >= 0.3 is 6.18 Å². The number of ether oxygens (including phenoxy) is 1. The molecule has 0 aliphatic carbocycles. The Kier molecular flexibility index (Phi) is 6.20. The molecule has 1 aliphatic rings. The molecule has 3 rings (SSSR count). The molecule has 1 fully saturated rings. The molecular formula is C21H24F3NO. The molecule has 0 unspecified atom stereocenters. The van der Waals surface area contributed by atoms with Gasteiger partial charge in [-0.2, -0.15) is 13.2 Å². The molecule has 1 saturated heterocycles. The van der Waals surface area contributed by atoms with Crippen LogP contribution in [0.5, 0.6) is 5.75 Å². The van der Waals surface area contributed by atoms with E-state index in [1.807, 2.05) is 30.3 Å². The highest BCUT2D eigenvalue weighted by molar-refractivity contribution is 5.24. The van der Waals surface area contributed by atoms with Gasteiger partial charge in [-0.15, -0.1) is 0 Å². The van der Waals surface area contributed by atoms with Gasteiger partial charge in [0.1, 0.15) is 5.75 Å². The summed E-state index contributed by atoms with van der Waals surface area (Å²) in [5.74, 6) is 1.48. The number of benzene rings is 2. The Morgan fingerprint density at radius 3 is 2.19 bits per heavy atom. The van der Waals surface area contributed by atoms with E-state index in [-0.39, 0.29) is 0 Å². The molecule has 2 aromatic rings. The van der Waals surface area contributed by atoms with E-state index in [0.29, 0.717) is 5.92 Å². The van der Waals surface area contributed by atoms with E-state index < -0.39 is 11.7 Å². The highest BCUT2D eigenvalue weighted by atomic mass is 19.4. The quantitative estimate of drug-likeness (QED) is 0.713. The first kappa shape index (κ1) is 18.8. The molecule has 0 spiro atoms. The van der Waals surface area contributed by atoms with Crippen molar-refractivity contribution >= 4 is 0 Å². The Labute approximate surface area is 152 Å². The summed E-state index contributed by atoms with van der Waals surface area (Å²) in [6.07, 6.45) is -1.29. The predicted molar refractivity (Wildman–Crippen MR) is 96.2 cm³/mol. The van der Waals surface area contributed by atoms with Gasteiger partial charge in [-0.05, 0) is 68.1 Å². The predicted octanol–water partition coefficient (Wildman–Crippen LogP) is 5.04. The lowest BCUT2D eigenvalue weighted by molar-refractivity contribution is -0.137. The van der Waals surface area contributed by atoms with Crippen molar-refractivity contribution in [3.8, 4) is 5.75 Å². The molecule has 2 nitrogen and oxygen atoms in total. The molecule has 1 aliphatic heterocycles. The van der Waals surface area contributed by atoms with E-state index >= 15 is 0 Å². The average molecular weight is 363 g/mol. The molecule has 0 amide bonds. The largest absolute Gasteiger partial charge is 0.493 e. The second-order valence-electron chi connectivity index (χ2n) is 6.85. The third kappa shape index (κ3) is 5.49. The van der Waals surface area contributed by atoms with E-state index in [1.165, 1.54) is 12.1 Å². The topological polar surface area (TPSA) is 12.5 Å². The third-order valence-corrected chi connectivity index (χ3v) is 4.93. The summed E-state index contributed by atoms with van der Waals surface area (Å²) in [6.45, 7) is 3.67. The number of nitrogens with zero attached hydrogens (tertiary/aromatic N) is 1. The summed E-state index contributed by atoms with van der Waals surface area (Å²) in [5.41, 5.74) is 0.369.